The Labute approximate surface area is 330 Å². The van der Waals surface area contributed by atoms with Gasteiger partial charge in [-0.15, -0.1) is 11.3 Å². The quantitative estimate of drug-likeness (QED) is 0.175. The van der Waals surface area contributed by atoms with Crippen molar-refractivity contribution in [3.05, 3.63) is 176 Å². The molecule has 57 heavy (non-hydrogen) atoms. The van der Waals surface area contributed by atoms with E-state index in [0.717, 1.165) is 82.8 Å². The molecule has 0 bridgehead atoms. The van der Waals surface area contributed by atoms with Gasteiger partial charge in [-0.2, -0.15) is 0 Å². The van der Waals surface area contributed by atoms with E-state index in [9.17, 15) is 0 Å². The number of thiophene rings is 1. The van der Waals surface area contributed by atoms with Gasteiger partial charge in [-0.25, -0.2) is 15.0 Å². The van der Waals surface area contributed by atoms with E-state index >= 15 is 0 Å². The third kappa shape index (κ3) is 5.12. The minimum Gasteiger partial charge on any atom is -0.456 e. The van der Waals surface area contributed by atoms with Crippen LogP contribution >= 0.6 is 11.3 Å². The fourth-order valence-electron chi connectivity index (χ4n) is 8.29. The molecule has 4 aromatic heterocycles. The van der Waals surface area contributed by atoms with Gasteiger partial charge in [0.15, 0.2) is 17.5 Å². The number of para-hydroxylation sites is 2. The Morgan fingerprint density at radius 1 is 0.333 bits per heavy atom. The highest BCUT2D eigenvalue weighted by Gasteiger charge is 2.23. The average Bonchev–Trinajstić information content (AvgIpc) is 3.98. The Morgan fingerprint density at radius 3 is 1.74 bits per heavy atom. The summed E-state index contributed by atoms with van der Waals surface area (Å²) in [6.07, 6.45) is 0. The minimum absolute atomic E-state index is 0.577. The molecule has 0 amide bonds. The zero-order chi connectivity index (χ0) is 37.5. The number of furan rings is 2. The van der Waals surface area contributed by atoms with Crippen LogP contribution in [0.1, 0.15) is 0 Å². The molecule has 0 aliphatic rings. The van der Waals surface area contributed by atoms with Crippen molar-refractivity contribution in [1.82, 2.24) is 15.0 Å². The molecule has 0 radical (unpaired) electrons. The molecule has 0 aliphatic heterocycles. The molecular formula is C51H29N3O2S. The molecule has 12 rings (SSSR count). The van der Waals surface area contributed by atoms with Crippen LogP contribution in [0.4, 0.5) is 0 Å². The maximum absolute atomic E-state index is 6.80. The van der Waals surface area contributed by atoms with Gasteiger partial charge in [0.1, 0.15) is 22.3 Å². The summed E-state index contributed by atoms with van der Waals surface area (Å²) < 4.78 is 15.6. The van der Waals surface area contributed by atoms with Crippen LogP contribution in [0.3, 0.4) is 0 Å². The summed E-state index contributed by atoms with van der Waals surface area (Å²) in [5, 5.41) is 6.56. The average molecular weight is 748 g/mol. The fraction of sp³-hybridized carbons (Fsp3) is 0. The second kappa shape index (κ2) is 12.6. The van der Waals surface area contributed by atoms with Crippen molar-refractivity contribution in [2.24, 2.45) is 0 Å². The number of hydrogen-bond acceptors (Lipinski definition) is 6. The first-order valence-corrected chi connectivity index (χ1v) is 19.7. The normalized spacial score (nSPS) is 11.9. The highest BCUT2D eigenvalue weighted by molar-refractivity contribution is 7.25. The van der Waals surface area contributed by atoms with E-state index in [-0.39, 0.29) is 0 Å². The summed E-state index contributed by atoms with van der Waals surface area (Å²) in [5.41, 5.74) is 10.3. The lowest BCUT2D eigenvalue weighted by Gasteiger charge is -2.12. The van der Waals surface area contributed by atoms with Crippen LogP contribution in [0.5, 0.6) is 0 Å². The van der Waals surface area contributed by atoms with E-state index in [0.29, 0.717) is 17.5 Å². The summed E-state index contributed by atoms with van der Waals surface area (Å²) in [5.74, 6) is 1.79. The topological polar surface area (TPSA) is 65.0 Å². The molecule has 0 fully saturated rings. The number of benzene rings is 8. The number of fused-ring (bicyclic) bond motifs is 9. The molecule has 4 heterocycles. The predicted molar refractivity (Wildman–Crippen MR) is 234 cm³/mol. The van der Waals surface area contributed by atoms with Gasteiger partial charge in [-0.1, -0.05) is 133 Å². The lowest BCUT2D eigenvalue weighted by molar-refractivity contribution is 0.668. The van der Waals surface area contributed by atoms with Gasteiger partial charge in [0.2, 0.25) is 0 Å². The van der Waals surface area contributed by atoms with Crippen LogP contribution in [-0.4, -0.2) is 15.0 Å². The first kappa shape index (κ1) is 31.9. The van der Waals surface area contributed by atoms with Crippen molar-refractivity contribution in [1.29, 1.82) is 0 Å². The van der Waals surface area contributed by atoms with E-state index in [4.69, 9.17) is 23.8 Å². The van der Waals surface area contributed by atoms with Crippen molar-refractivity contribution in [3.8, 4) is 56.4 Å². The van der Waals surface area contributed by atoms with Gasteiger partial charge < -0.3 is 8.83 Å². The number of nitrogens with zero attached hydrogens (tertiary/aromatic N) is 3. The summed E-state index contributed by atoms with van der Waals surface area (Å²) in [6, 6.07) is 60.8. The van der Waals surface area contributed by atoms with Crippen LogP contribution in [-0.2, 0) is 0 Å². The Hall–Kier alpha value is -7.41. The SMILES string of the molecule is c1ccc(-c2ccc(-c3nc(-c4ccc5c(c4)sc4ccccc45)nc(-c4ccc(-c5cccc6oc7ccccc7c56)c5oc6ccccc6c45)n3)cc2)cc1. The number of aromatic nitrogens is 3. The Morgan fingerprint density at radius 2 is 0.912 bits per heavy atom. The predicted octanol–water partition coefficient (Wildman–Crippen LogP) is 14.4. The first-order valence-electron chi connectivity index (χ1n) is 18.9. The summed E-state index contributed by atoms with van der Waals surface area (Å²) in [7, 11) is 0. The fourth-order valence-corrected chi connectivity index (χ4v) is 9.43. The minimum atomic E-state index is 0.577. The Kier molecular flexibility index (Phi) is 7.03. The monoisotopic (exact) mass is 747 g/mol. The van der Waals surface area contributed by atoms with Crippen molar-refractivity contribution in [3.63, 3.8) is 0 Å². The molecule has 6 heteroatoms. The van der Waals surface area contributed by atoms with Gasteiger partial charge >= 0.3 is 0 Å². The largest absolute Gasteiger partial charge is 0.456 e. The van der Waals surface area contributed by atoms with E-state index in [1.807, 2.05) is 42.5 Å². The van der Waals surface area contributed by atoms with Gasteiger partial charge in [0.05, 0.1) is 0 Å². The third-order valence-corrected chi connectivity index (χ3v) is 12.1. The Balaban J connectivity index is 1.09. The van der Waals surface area contributed by atoms with Crippen LogP contribution in [0.25, 0.3) is 120 Å². The molecule has 0 saturated heterocycles. The maximum atomic E-state index is 6.80. The molecule has 0 N–H and O–H groups in total. The molecular weight excluding hydrogens is 719 g/mol. The molecule has 0 aliphatic carbocycles. The van der Waals surface area contributed by atoms with Crippen molar-refractivity contribution in [2.45, 2.75) is 0 Å². The maximum Gasteiger partial charge on any atom is 0.164 e. The zero-order valence-corrected chi connectivity index (χ0v) is 31.1. The number of rotatable bonds is 5. The lowest BCUT2D eigenvalue weighted by atomic mass is 9.95. The molecule has 5 nitrogen and oxygen atoms in total. The molecule has 266 valence electrons. The van der Waals surface area contributed by atoms with Crippen LogP contribution in [0, 0.1) is 0 Å². The van der Waals surface area contributed by atoms with Crippen LogP contribution in [0.2, 0.25) is 0 Å². The molecule has 0 spiro atoms. The first-order chi connectivity index (χ1) is 28.2. The zero-order valence-electron chi connectivity index (χ0n) is 30.3. The summed E-state index contributed by atoms with van der Waals surface area (Å²) in [4.78, 5) is 15.7. The van der Waals surface area contributed by atoms with Crippen LogP contribution < -0.4 is 0 Å². The molecule has 0 atom stereocenters. The lowest BCUT2D eigenvalue weighted by Crippen LogP contribution is -2.00. The van der Waals surface area contributed by atoms with E-state index in [1.54, 1.807) is 11.3 Å². The van der Waals surface area contributed by atoms with Gasteiger partial charge in [0.25, 0.3) is 0 Å². The Bertz CT molecular complexity index is 3530. The van der Waals surface area contributed by atoms with Gasteiger partial charge in [-0.3, -0.25) is 0 Å². The van der Waals surface area contributed by atoms with E-state index in [2.05, 4.69) is 133 Å². The van der Waals surface area contributed by atoms with Gasteiger partial charge in [0, 0.05) is 64.0 Å². The standard InChI is InChI=1S/C51H29N3O2S/c1-2-11-30(12-3-1)31-21-23-32(24-22-31)49-52-50(33-25-26-35-34-13-6-9-20-44(34)57-45(35)29-33)54-51(53-49)40-28-27-37(48-47(40)39-15-5-8-18-42(39)56-48)36-16-10-19-43-46(36)38-14-4-7-17-41(38)55-43/h1-29H. The van der Waals surface area contributed by atoms with E-state index in [1.165, 1.54) is 20.2 Å². The van der Waals surface area contributed by atoms with Gasteiger partial charge in [-0.05, 0) is 59.2 Å². The third-order valence-electron chi connectivity index (χ3n) is 11.0. The molecule has 12 aromatic rings. The number of hydrogen-bond donors (Lipinski definition) is 0. The highest BCUT2D eigenvalue weighted by Crippen LogP contribution is 2.45. The molecule has 0 unspecified atom stereocenters. The molecule has 0 saturated carbocycles. The molecule has 8 aromatic carbocycles. The van der Waals surface area contributed by atoms with E-state index < -0.39 is 0 Å². The van der Waals surface area contributed by atoms with Crippen LogP contribution in [0.15, 0.2) is 185 Å². The van der Waals surface area contributed by atoms with Crippen molar-refractivity contribution >= 4 is 75.4 Å². The summed E-state index contributed by atoms with van der Waals surface area (Å²) >= 11 is 1.79. The highest BCUT2D eigenvalue weighted by atomic mass is 32.1. The van der Waals surface area contributed by atoms with Crippen molar-refractivity contribution < 1.29 is 8.83 Å². The van der Waals surface area contributed by atoms with Crippen molar-refractivity contribution in [2.75, 3.05) is 0 Å². The summed E-state index contributed by atoms with van der Waals surface area (Å²) in [6.45, 7) is 0. The smallest absolute Gasteiger partial charge is 0.164 e. The second-order valence-corrected chi connectivity index (χ2v) is 15.4. The second-order valence-electron chi connectivity index (χ2n) is 14.3.